The van der Waals surface area contributed by atoms with Crippen molar-refractivity contribution in [3.63, 3.8) is 0 Å². The molecule has 2 heterocycles. The van der Waals surface area contributed by atoms with Gasteiger partial charge in [0.15, 0.2) is 0 Å². The third-order valence-electron chi connectivity index (χ3n) is 4.54. The van der Waals surface area contributed by atoms with Gasteiger partial charge >= 0.3 is 0 Å². The van der Waals surface area contributed by atoms with Crippen LogP contribution in [0.15, 0.2) is 30.5 Å². The number of likely N-dealkylation sites (tertiary alicyclic amines) is 1. The van der Waals surface area contributed by atoms with Crippen LogP contribution in [0.5, 0.6) is 0 Å². The number of ether oxygens (including phenoxy) is 1. The van der Waals surface area contributed by atoms with Crippen LogP contribution >= 0.6 is 0 Å². The van der Waals surface area contributed by atoms with Crippen molar-refractivity contribution < 1.29 is 14.6 Å². The highest BCUT2D eigenvalue weighted by molar-refractivity contribution is 5.94. The number of hydrogen-bond acceptors (Lipinski definition) is 5. The second kappa shape index (κ2) is 6.93. The van der Waals surface area contributed by atoms with Gasteiger partial charge in [0.05, 0.1) is 19.3 Å². The van der Waals surface area contributed by atoms with Crippen molar-refractivity contribution in [1.29, 1.82) is 0 Å². The second-order valence-electron chi connectivity index (χ2n) is 6.82. The molecule has 1 aliphatic heterocycles. The molecule has 1 atom stereocenters. The van der Waals surface area contributed by atoms with Crippen LogP contribution in [0.1, 0.15) is 47.9 Å². The summed E-state index contributed by atoms with van der Waals surface area (Å²) in [7, 11) is 1.62. The molecule has 1 amide bonds. The molecular weight excluding hydrogens is 320 g/mol. The van der Waals surface area contributed by atoms with Gasteiger partial charge in [-0.25, -0.2) is 4.68 Å². The van der Waals surface area contributed by atoms with Crippen molar-refractivity contribution in [2.45, 2.75) is 38.5 Å². The first-order chi connectivity index (χ1) is 11.9. The van der Waals surface area contributed by atoms with Crippen LogP contribution in [0.3, 0.4) is 0 Å². The van der Waals surface area contributed by atoms with Crippen LogP contribution < -0.4 is 0 Å². The molecule has 134 valence electrons. The molecule has 25 heavy (non-hydrogen) atoms. The van der Waals surface area contributed by atoms with E-state index in [-0.39, 0.29) is 18.5 Å². The van der Waals surface area contributed by atoms with Crippen molar-refractivity contribution in [3.05, 3.63) is 47.3 Å². The standard InChI is InChI=1S/C18H24N4O3/c1-13(2)22-10-16(19-20-22)18(24)7-8-21(12-18)17(23)15-6-4-5-14(9-15)11-25-3/h4-6,9-10,13,24H,7-8,11-12H2,1-3H3/t18-/m1/s1. The Morgan fingerprint density at radius 1 is 1.44 bits per heavy atom. The number of nitrogens with zero attached hydrogens (tertiary/aromatic N) is 4. The zero-order valence-electron chi connectivity index (χ0n) is 14.8. The van der Waals surface area contributed by atoms with Gasteiger partial charge in [-0.1, -0.05) is 17.3 Å². The molecule has 0 spiro atoms. The summed E-state index contributed by atoms with van der Waals surface area (Å²) in [5.74, 6) is -0.0925. The van der Waals surface area contributed by atoms with E-state index >= 15 is 0 Å². The molecule has 0 aliphatic carbocycles. The van der Waals surface area contributed by atoms with Gasteiger partial charge in [0, 0.05) is 31.7 Å². The number of methoxy groups -OCH3 is 1. The van der Waals surface area contributed by atoms with Gasteiger partial charge in [-0.2, -0.15) is 0 Å². The summed E-state index contributed by atoms with van der Waals surface area (Å²) in [4.78, 5) is 14.4. The van der Waals surface area contributed by atoms with Crippen LogP contribution in [0.4, 0.5) is 0 Å². The Morgan fingerprint density at radius 3 is 2.92 bits per heavy atom. The quantitative estimate of drug-likeness (QED) is 0.894. The number of aliphatic hydroxyl groups is 1. The van der Waals surface area contributed by atoms with Crippen LogP contribution in [-0.4, -0.2) is 51.1 Å². The van der Waals surface area contributed by atoms with E-state index in [1.54, 1.807) is 29.0 Å². The Balaban J connectivity index is 1.75. The highest BCUT2D eigenvalue weighted by atomic mass is 16.5. The van der Waals surface area contributed by atoms with Crippen LogP contribution in [0, 0.1) is 0 Å². The number of β-amino-alcohol motifs (C(OH)–C–C–N with tert-alkyl or cyclic N) is 1. The largest absolute Gasteiger partial charge is 0.381 e. The molecular formula is C18H24N4O3. The average Bonchev–Trinajstić information content (AvgIpc) is 3.23. The Morgan fingerprint density at radius 2 is 2.24 bits per heavy atom. The van der Waals surface area contributed by atoms with Gasteiger partial charge in [-0.15, -0.1) is 5.10 Å². The lowest BCUT2D eigenvalue weighted by atomic mass is 10.00. The minimum Gasteiger partial charge on any atom is -0.381 e. The molecule has 1 aromatic heterocycles. The van der Waals surface area contributed by atoms with Gasteiger partial charge in [-0.3, -0.25) is 4.79 Å². The average molecular weight is 344 g/mol. The monoisotopic (exact) mass is 344 g/mol. The molecule has 3 rings (SSSR count). The number of amides is 1. The Bertz CT molecular complexity index is 758. The summed E-state index contributed by atoms with van der Waals surface area (Å²) in [5, 5.41) is 19.1. The number of carbonyl (C=O) groups is 1. The summed E-state index contributed by atoms with van der Waals surface area (Å²) in [5.41, 5.74) is 0.921. The van der Waals surface area contributed by atoms with Gasteiger partial charge < -0.3 is 14.7 Å². The molecule has 0 saturated carbocycles. The predicted octanol–water partition coefficient (Wildman–Crippen LogP) is 1.74. The fourth-order valence-electron chi connectivity index (χ4n) is 3.06. The van der Waals surface area contributed by atoms with Crippen molar-refractivity contribution in [3.8, 4) is 0 Å². The molecule has 7 nitrogen and oxygen atoms in total. The predicted molar refractivity (Wildman–Crippen MR) is 92.0 cm³/mol. The van der Waals surface area contributed by atoms with Gasteiger partial charge in [0.2, 0.25) is 0 Å². The van der Waals surface area contributed by atoms with Crippen LogP contribution in [-0.2, 0) is 16.9 Å². The smallest absolute Gasteiger partial charge is 0.253 e. The van der Waals surface area contributed by atoms with E-state index < -0.39 is 5.60 Å². The molecule has 1 saturated heterocycles. The topological polar surface area (TPSA) is 80.5 Å². The van der Waals surface area contributed by atoms with Gasteiger partial charge in [-0.05, 0) is 31.5 Å². The second-order valence-corrected chi connectivity index (χ2v) is 6.82. The van der Waals surface area contributed by atoms with Crippen molar-refractivity contribution in [2.75, 3.05) is 20.2 Å². The highest BCUT2D eigenvalue weighted by Crippen LogP contribution is 2.31. The minimum absolute atomic E-state index is 0.0925. The molecule has 1 aromatic carbocycles. The lowest BCUT2D eigenvalue weighted by Crippen LogP contribution is -2.34. The molecule has 1 aliphatic rings. The molecule has 1 fully saturated rings. The van der Waals surface area contributed by atoms with Gasteiger partial charge in [0.25, 0.3) is 5.91 Å². The van der Waals surface area contributed by atoms with E-state index in [0.29, 0.717) is 30.8 Å². The summed E-state index contributed by atoms with van der Waals surface area (Å²) >= 11 is 0. The number of aromatic nitrogens is 3. The molecule has 0 radical (unpaired) electrons. The fraction of sp³-hybridized carbons (Fsp3) is 0.500. The molecule has 0 unspecified atom stereocenters. The zero-order chi connectivity index (χ0) is 18.0. The number of benzene rings is 1. The van der Waals surface area contributed by atoms with Crippen molar-refractivity contribution in [2.24, 2.45) is 0 Å². The molecule has 2 aromatic rings. The molecule has 0 bridgehead atoms. The first kappa shape index (κ1) is 17.6. The third-order valence-corrected chi connectivity index (χ3v) is 4.54. The maximum Gasteiger partial charge on any atom is 0.253 e. The minimum atomic E-state index is -1.15. The lowest BCUT2D eigenvalue weighted by molar-refractivity contribution is 0.0381. The number of carbonyl (C=O) groups excluding carboxylic acids is 1. The number of rotatable bonds is 5. The Labute approximate surface area is 147 Å². The first-order valence-electron chi connectivity index (χ1n) is 8.45. The van der Waals surface area contributed by atoms with E-state index in [1.807, 2.05) is 32.0 Å². The van der Waals surface area contributed by atoms with Crippen LogP contribution in [0.2, 0.25) is 0 Å². The lowest BCUT2D eigenvalue weighted by Gasteiger charge is -2.21. The molecule has 1 N–H and O–H groups in total. The normalized spacial score (nSPS) is 20.4. The van der Waals surface area contributed by atoms with E-state index in [1.165, 1.54) is 0 Å². The SMILES string of the molecule is COCc1cccc(C(=O)N2CC[C@](O)(c3cn(C(C)C)nn3)C2)c1. The van der Waals surface area contributed by atoms with Crippen molar-refractivity contribution >= 4 is 5.91 Å². The summed E-state index contributed by atoms with van der Waals surface area (Å²) in [6.07, 6.45) is 2.21. The third kappa shape index (κ3) is 3.57. The van der Waals surface area contributed by atoms with E-state index in [2.05, 4.69) is 10.3 Å². The van der Waals surface area contributed by atoms with Crippen molar-refractivity contribution in [1.82, 2.24) is 19.9 Å². The summed E-state index contributed by atoms with van der Waals surface area (Å²) in [6.45, 7) is 5.17. The Kier molecular flexibility index (Phi) is 4.87. The maximum absolute atomic E-state index is 12.8. The fourth-order valence-corrected chi connectivity index (χ4v) is 3.06. The highest BCUT2D eigenvalue weighted by Gasteiger charge is 2.42. The number of hydrogen-bond donors (Lipinski definition) is 1. The van der Waals surface area contributed by atoms with E-state index in [0.717, 1.165) is 5.56 Å². The van der Waals surface area contributed by atoms with Gasteiger partial charge in [0.1, 0.15) is 11.3 Å². The Hall–Kier alpha value is -2.25. The molecule has 7 heteroatoms. The maximum atomic E-state index is 12.8. The van der Waals surface area contributed by atoms with Crippen LogP contribution in [0.25, 0.3) is 0 Å². The zero-order valence-corrected chi connectivity index (χ0v) is 14.8. The summed E-state index contributed by atoms with van der Waals surface area (Å²) < 4.78 is 6.83. The summed E-state index contributed by atoms with van der Waals surface area (Å²) in [6, 6.07) is 7.56. The van der Waals surface area contributed by atoms with E-state index in [4.69, 9.17) is 4.74 Å². The first-order valence-corrected chi connectivity index (χ1v) is 8.45. The van der Waals surface area contributed by atoms with E-state index in [9.17, 15) is 9.90 Å².